The largest absolute Gasteiger partial charge is 0.358 e. The number of aryl methyl sites for hydroxylation is 1. The molecule has 0 saturated carbocycles. The van der Waals surface area contributed by atoms with Crippen LogP contribution in [0.3, 0.4) is 0 Å². The van der Waals surface area contributed by atoms with E-state index in [1.54, 1.807) is 19.2 Å². The summed E-state index contributed by atoms with van der Waals surface area (Å²) < 4.78 is 0. The first-order valence-corrected chi connectivity index (χ1v) is 8.82. The second-order valence-electron chi connectivity index (χ2n) is 6.30. The number of non-ortho nitro benzene ring substituents is 1. The van der Waals surface area contributed by atoms with E-state index in [4.69, 9.17) is 0 Å². The molecule has 0 bridgehead atoms. The van der Waals surface area contributed by atoms with Crippen molar-refractivity contribution in [3.63, 3.8) is 0 Å². The van der Waals surface area contributed by atoms with Gasteiger partial charge in [-0.05, 0) is 30.5 Å². The van der Waals surface area contributed by atoms with Crippen molar-refractivity contribution in [1.82, 2.24) is 15.6 Å². The quantitative estimate of drug-likeness (QED) is 0.160. The number of nitro groups is 1. The minimum Gasteiger partial charge on any atom is -0.358 e. The molecule has 0 amide bonds. The van der Waals surface area contributed by atoms with Crippen LogP contribution in [0.25, 0.3) is 10.9 Å². The van der Waals surface area contributed by atoms with Crippen LogP contribution in [-0.2, 0) is 13.0 Å². The highest BCUT2D eigenvalue weighted by Gasteiger charge is 2.09. The number of rotatable bonds is 6. The Bertz CT molecular complexity index is 984. The van der Waals surface area contributed by atoms with Crippen LogP contribution in [0.1, 0.15) is 16.8 Å². The maximum Gasteiger partial charge on any atom is 0.269 e. The van der Waals surface area contributed by atoms with E-state index >= 15 is 0 Å². The highest BCUT2D eigenvalue weighted by molar-refractivity contribution is 14.0. The minimum atomic E-state index is -0.389. The molecule has 3 N–H and O–H groups in total. The van der Waals surface area contributed by atoms with Crippen molar-refractivity contribution in [2.75, 3.05) is 13.6 Å². The van der Waals surface area contributed by atoms with Crippen LogP contribution in [0.5, 0.6) is 0 Å². The van der Waals surface area contributed by atoms with Crippen molar-refractivity contribution in [2.45, 2.75) is 19.9 Å². The number of hydrogen-bond donors (Lipinski definition) is 3. The van der Waals surface area contributed by atoms with Gasteiger partial charge in [-0.2, -0.15) is 0 Å². The number of guanidine groups is 1. The summed E-state index contributed by atoms with van der Waals surface area (Å²) in [6.45, 7) is 3.29. The fourth-order valence-corrected chi connectivity index (χ4v) is 3.15. The van der Waals surface area contributed by atoms with Gasteiger partial charge in [-0.15, -0.1) is 24.0 Å². The van der Waals surface area contributed by atoms with E-state index in [1.165, 1.54) is 22.7 Å². The van der Waals surface area contributed by atoms with E-state index in [0.29, 0.717) is 12.5 Å². The third-order valence-corrected chi connectivity index (χ3v) is 4.50. The molecule has 3 aromatic rings. The van der Waals surface area contributed by atoms with Crippen molar-refractivity contribution in [3.05, 3.63) is 75.5 Å². The van der Waals surface area contributed by atoms with Gasteiger partial charge in [-0.3, -0.25) is 15.1 Å². The normalized spacial score (nSPS) is 11.1. The number of nitrogens with zero attached hydrogens (tertiary/aromatic N) is 2. The molecule has 0 atom stereocenters. The smallest absolute Gasteiger partial charge is 0.269 e. The summed E-state index contributed by atoms with van der Waals surface area (Å²) in [5, 5.41) is 18.6. The number of para-hydroxylation sites is 1. The number of nitrogens with one attached hydrogen (secondary N) is 3. The average molecular weight is 493 g/mol. The van der Waals surface area contributed by atoms with Crippen LogP contribution >= 0.6 is 24.0 Å². The van der Waals surface area contributed by atoms with Crippen molar-refractivity contribution in [2.24, 2.45) is 4.99 Å². The lowest BCUT2D eigenvalue weighted by Crippen LogP contribution is -2.37. The van der Waals surface area contributed by atoms with E-state index < -0.39 is 0 Å². The summed E-state index contributed by atoms with van der Waals surface area (Å²) in [7, 11) is 1.71. The van der Waals surface area contributed by atoms with Gasteiger partial charge in [0.05, 0.1) is 4.92 Å². The second kappa shape index (κ2) is 10.1. The van der Waals surface area contributed by atoms with E-state index in [9.17, 15) is 10.1 Å². The molecule has 0 fully saturated rings. The van der Waals surface area contributed by atoms with E-state index in [2.05, 4.69) is 39.7 Å². The Balaban J connectivity index is 0.00000280. The Hall–Kier alpha value is -2.62. The lowest BCUT2D eigenvalue weighted by Gasteiger charge is -2.12. The molecule has 8 heteroatoms. The van der Waals surface area contributed by atoms with Gasteiger partial charge in [0.1, 0.15) is 0 Å². The lowest BCUT2D eigenvalue weighted by atomic mass is 10.1. The van der Waals surface area contributed by atoms with Crippen LogP contribution in [0.4, 0.5) is 5.69 Å². The number of hydrogen-bond acceptors (Lipinski definition) is 3. The summed E-state index contributed by atoms with van der Waals surface area (Å²) in [4.78, 5) is 18.1. The molecule has 1 aromatic heterocycles. The second-order valence-corrected chi connectivity index (χ2v) is 6.30. The van der Waals surface area contributed by atoms with Gasteiger partial charge in [0, 0.05) is 48.9 Å². The van der Waals surface area contributed by atoms with Gasteiger partial charge in [0.15, 0.2) is 5.96 Å². The fraction of sp³-hybridized carbons (Fsp3) is 0.250. The Morgan fingerprint density at radius 1 is 1.18 bits per heavy atom. The zero-order valence-corrected chi connectivity index (χ0v) is 18.2. The first-order chi connectivity index (χ1) is 13.1. The van der Waals surface area contributed by atoms with Crippen molar-refractivity contribution in [1.29, 1.82) is 0 Å². The Kier molecular flexibility index (Phi) is 7.80. The summed E-state index contributed by atoms with van der Waals surface area (Å²) in [5.41, 5.74) is 4.55. The first kappa shape index (κ1) is 21.7. The molecule has 7 nitrogen and oxygen atoms in total. The van der Waals surface area contributed by atoms with Crippen LogP contribution in [0.15, 0.2) is 53.5 Å². The van der Waals surface area contributed by atoms with Gasteiger partial charge >= 0.3 is 0 Å². The predicted molar refractivity (Wildman–Crippen MR) is 123 cm³/mol. The molecule has 0 radical (unpaired) electrons. The number of H-pyrrole nitrogens is 1. The van der Waals surface area contributed by atoms with E-state index in [-0.39, 0.29) is 34.6 Å². The third-order valence-electron chi connectivity index (χ3n) is 4.50. The zero-order valence-electron chi connectivity index (χ0n) is 15.9. The summed E-state index contributed by atoms with van der Waals surface area (Å²) >= 11 is 0. The van der Waals surface area contributed by atoms with Crippen LogP contribution in [0.2, 0.25) is 0 Å². The Morgan fingerprint density at radius 3 is 2.71 bits per heavy atom. The molecule has 0 saturated heterocycles. The SMILES string of the molecule is CN=C(NCCc1c(C)[nH]c2ccccc12)NCc1cccc([N+](=O)[O-])c1.I. The van der Waals surface area contributed by atoms with Crippen LogP contribution in [-0.4, -0.2) is 29.5 Å². The van der Waals surface area contributed by atoms with Gasteiger partial charge < -0.3 is 15.6 Å². The molecule has 0 aliphatic carbocycles. The highest BCUT2D eigenvalue weighted by atomic mass is 127. The van der Waals surface area contributed by atoms with Gasteiger partial charge in [0.25, 0.3) is 5.69 Å². The topological polar surface area (TPSA) is 95.3 Å². The molecule has 1 heterocycles. The maximum atomic E-state index is 10.9. The number of benzene rings is 2. The minimum absolute atomic E-state index is 0. The Labute approximate surface area is 180 Å². The molecule has 0 spiro atoms. The summed E-state index contributed by atoms with van der Waals surface area (Å²) in [6, 6.07) is 14.9. The first-order valence-electron chi connectivity index (χ1n) is 8.82. The molecule has 0 aliphatic rings. The molecule has 0 unspecified atom stereocenters. The van der Waals surface area contributed by atoms with E-state index in [0.717, 1.165) is 24.0 Å². The van der Waals surface area contributed by atoms with E-state index in [1.807, 2.05) is 18.2 Å². The molecule has 2 aromatic carbocycles. The number of fused-ring (bicyclic) bond motifs is 1. The summed E-state index contributed by atoms with van der Waals surface area (Å²) in [6.07, 6.45) is 0.868. The summed E-state index contributed by atoms with van der Waals surface area (Å²) in [5.74, 6) is 0.666. The average Bonchev–Trinajstić information content (AvgIpc) is 3.00. The molecule has 28 heavy (non-hydrogen) atoms. The number of halogens is 1. The highest BCUT2D eigenvalue weighted by Crippen LogP contribution is 2.21. The van der Waals surface area contributed by atoms with Crippen LogP contribution < -0.4 is 10.6 Å². The van der Waals surface area contributed by atoms with Gasteiger partial charge in [0.2, 0.25) is 0 Å². The zero-order chi connectivity index (χ0) is 19.2. The van der Waals surface area contributed by atoms with Crippen molar-refractivity contribution < 1.29 is 4.92 Å². The van der Waals surface area contributed by atoms with Gasteiger partial charge in [-0.25, -0.2) is 0 Å². The lowest BCUT2D eigenvalue weighted by molar-refractivity contribution is -0.384. The number of aromatic nitrogens is 1. The van der Waals surface area contributed by atoms with Crippen LogP contribution in [0, 0.1) is 17.0 Å². The fourth-order valence-electron chi connectivity index (χ4n) is 3.15. The monoisotopic (exact) mass is 493 g/mol. The molecular weight excluding hydrogens is 469 g/mol. The third kappa shape index (κ3) is 5.22. The van der Waals surface area contributed by atoms with Crippen molar-refractivity contribution >= 4 is 46.5 Å². The van der Waals surface area contributed by atoms with Gasteiger partial charge in [-0.1, -0.05) is 30.3 Å². The number of aliphatic imine (C=N–C) groups is 1. The predicted octanol–water partition coefficient (Wildman–Crippen LogP) is 3.91. The maximum absolute atomic E-state index is 10.9. The molecule has 148 valence electrons. The van der Waals surface area contributed by atoms with Crippen molar-refractivity contribution in [3.8, 4) is 0 Å². The number of nitro benzene ring substituents is 1. The molecule has 0 aliphatic heterocycles. The number of aromatic amines is 1. The standard InChI is InChI=1S/C20H23N5O2.HI/c1-14-17(18-8-3-4-9-19(18)24-14)10-11-22-20(21-2)23-13-15-6-5-7-16(12-15)25(26)27;/h3-9,12,24H,10-11,13H2,1-2H3,(H2,21,22,23);1H. The Morgan fingerprint density at radius 2 is 1.96 bits per heavy atom. The molecule has 3 rings (SSSR count). The molecular formula is C20H24IN5O2.